The predicted octanol–water partition coefficient (Wildman–Crippen LogP) is 7.53. The van der Waals surface area contributed by atoms with Crippen molar-refractivity contribution < 1.29 is 10.2 Å². The van der Waals surface area contributed by atoms with Crippen LogP contribution in [0.2, 0.25) is 0 Å². The highest BCUT2D eigenvalue weighted by atomic mass is 16.3. The first-order valence-electron chi connectivity index (χ1n) is 13.7. The molecule has 4 fully saturated rings. The highest BCUT2D eigenvalue weighted by Gasteiger charge is 2.69. The van der Waals surface area contributed by atoms with Gasteiger partial charge in [0.05, 0.1) is 11.7 Å². The Labute approximate surface area is 198 Å². The van der Waals surface area contributed by atoms with Crippen LogP contribution in [-0.2, 0) is 0 Å². The highest BCUT2D eigenvalue weighted by molar-refractivity contribution is 5.18. The molecule has 2 N–H and O–H groups in total. The monoisotopic (exact) mass is 444 g/mol. The van der Waals surface area contributed by atoms with E-state index in [0.29, 0.717) is 34.0 Å². The molecular formula is C30H52O2. The van der Waals surface area contributed by atoms with Gasteiger partial charge in [-0.3, -0.25) is 0 Å². The summed E-state index contributed by atoms with van der Waals surface area (Å²) < 4.78 is 0. The van der Waals surface area contributed by atoms with Gasteiger partial charge in [-0.05, 0) is 130 Å². The third-order valence-corrected chi connectivity index (χ3v) is 12.4. The molecule has 9 atom stereocenters. The molecule has 0 spiro atoms. The van der Waals surface area contributed by atoms with Crippen LogP contribution in [0.25, 0.3) is 0 Å². The second-order valence-corrected chi connectivity index (χ2v) is 14.4. The van der Waals surface area contributed by atoms with Crippen LogP contribution < -0.4 is 0 Å². The molecule has 0 amide bonds. The molecule has 4 saturated carbocycles. The fourth-order valence-corrected chi connectivity index (χ4v) is 10.3. The first-order chi connectivity index (χ1) is 14.7. The summed E-state index contributed by atoms with van der Waals surface area (Å²) in [7, 11) is 0. The Hall–Kier alpha value is -0.340. The van der Waals surface area contributed by atoms with Crippen LogP contribution in [0.5, 0.6) is 0 Å². The van der Waals surface area contributed by atoms with Crippen LogP contribution in [0.15, 0.2) is 11.6 Å². The van der Waals surface area contributed by atoms with E-state index in [1.54, 1.807) is 0 Å². The van der Waals surface area contributed by atoms with E-state index in [0.717, 1.165) is 25.2 Å². The zero-order valence-corrected chi connectivity index (χ0v) is 22.4. The second kappa shape index (κ2) is 7.84. The number of aliphatic hydroxyl groups excluding tert-OH is 1. The lowest BCUT2D eigenvalue weighted by atomic mass is 9.35. The van der Waals surface area contributed by atoms with Crippen LogP contribution in [0, 0.1) is 45.3 Å². The molecule has 2 heteroatoms. The zero-order valence-electron chi connectivity index (χ0n) is 22.4. The number of aliphatic hydroxyl groups is 2. The number of hydrogen-bond acceptors (Lipinski definition) is 2. The van der Waals surface area contributed by atoms with E-state index in [4.69, 9.17) is 0 Å². The van der Waals surface area contributed by atoms with E-state index >= 15 is 0 Å². The van der Waals surface area contributed by atoms with Gasteiger partial charge >= 0.3 is 0 Å². The van der Waals surface area contributed by atoms with E-state index in [-0.39, 0.29) is 11.5 Å². The minimum absolute atomic E-state index is 0.0267. The van der Waals surface area contributed by atoms with Crippen LogP contribution in [0.4, 0.5) is 0 Å². The SMILES string of the molecule is CC(C)=CCC[C@@](C)(O)[C@H]1CC[C@]2(C)[C@@H]1CC[C@@H]1[C@@]3(C)CC[C@H](O)C(C)(C)[C@@H]3CC[C@]12C. The maximum atomic E-state index is 11.6. The van der Waals surface area contributed by atoms with Crippen molar-refractivity contribution in [1.82, 2.24) is 0 Å². The van der Waals surface area contributed by atoms with Crippen molar-refractivity contribution in [3.63, 3.8) is 0 Å². The van der Waals surface area contributed by atoms with Crippen molar-refractivity contribution in [2.24, 2.45) is 45.3 Å². The van der Waals surface area contributed by atoms with Crippen molar-refractivity contribution in [2.45, 2.75) is 131 Å². The van der Waals surface area contributed by atoms with Gasteiger partial charge in [-0.15, -0.1) is 0 Å². The molecule has 0 aromatic carbocycles. The smallest absolute Gasteiger partial charge is 0.0653 e. The van der Waals surface area contributed by atoms with Crippen LogP contribution in [0.1, 0.15) is 120 Å². The van der Waals surface area contributed by atoms with Gasteiger partial charge in [-0.25, -0.2) is 0 Å². The van der Waals surface area contributed by atoms with E-state index in [9.17, 15) is 10.2 Å². The number of fused-ring (bicyclic) bond motifs is 5. The molecule has 4 aliphatic rings. The van der Waals surface area contributed by atoms with Crippen molar-refractivity contribution in [3.8, 4) is 0 Å². The Morgan fingerprint density at radius 3 is 2.19 bits per heavy atom. The zero-order chi connectivity index (χ0) is 23.7. The van der Waals surface area contributed by atoms with Crippen molar-refractivity contribution >= 4 is 0 Å². The van der Waals surface area contributed by atoms with Gasteiger partial charge in [0.25, 0.3) is 0 Å². The molecule has 0 aromatic rings. The quantitative estimate of drug-likeness (QED) is 0.440. The molecule has 4 rings (SSSR count). The van der Waals surface area contributed by atoms with E-state index in [1.165, 1.54) is 50.5 Å². The Kier molecular flexibility index (Phi) is 6.07. The van der Waals surface area contributed by atoms with Crippen LogP contribution in [-0.4, -0.2) is 21.9 Å². The van der Waals surface area contributed by atoms with Crippen molar-refractivity contribution in [3.05, 3.63) is 11.6 Å². The third kappa shape index (κ3) is 3.40. The standard InChI is InChI=1S/C30H52O2/c1-20(2)10-9-16-30(8,32)22-13-18-28(6)21(22)11-12-24-27(5)17-15-25(31)26(3,4)23(27)14-19-29(24,28)7/h10,21-25,31-32H,9,11-19H2,1-8H3/t21-,22+,23+,24-,25+,27+,28-,29-,30-/m1/s1. The number of hydrogen-bond donors (Lipinski definition) is 2. The summed E-state index contributed by atoms with van der Waals surface area (Å²) in [6, 6.07) is 0. The molecule has 184 valence electrons. The molecule has 0 radical (unpaired) electrons. The number of allylic oxidation sites excluding steroid dienone is 2. The minimum atomic E-state index is -0.560. The normalized spacial score (nSPS) is 49.4. The largest absolute Gasteiger partial charge is 0.393 e. The lowest BCUT2D eigenvalue weighted by Crippen LogP contribution is -2.64. The molecule has 0 heterocycles. The third-order valence-electron chi connectivity index (χ3n) is 12.4. The van der Waals surface area contributed by atoms with E-state index < -0.39 is 5.60 Å². The molecule has 0 aliphatic heterocycles. The summed E-state index contributed by atoms with van der Waals surface area (Å²) in [6.45, 7) is 19.0. The summed E-state index contributed by atoms with van der Waals surface area (Å²) in [6.07, 6.45) is 13.8. The van der Waals surface area contributed by atoms with Gasteiger partial charge in [-0.2, -0.15) is 0 Å². The Morgan fingerprint density at radius 2 is 1.53 bits per heavy atom. The fourth-order valence-electron chi connectivity index (χ4n) is 10.3. The molecule has 4 aliphatic carbocycles. The predicted molar refractivity (Wildman–Crippen MR) is 134 cm³/mol. The first kappa shape index (κ1) is 24.8. The molecular weight excluding hydrogens is 392 g/mol. The summed E-state index contributed by atoms with van der Waals surface area (Å²) in [5.74, 6) is 2.45. The Morgan fingerprint density at radius 1 is 0.875 bits per heavy atom. The first-order valence-corrected chi connectivity index (χ1v) is 13.7. The molecule has 0 bridgehead atoms. The molecule has 0 aromatic heterocycles. The van der Waals surface area contributed by atoms with Gasteiger partial charge in [0, 0.05) is 0 Å². The van der Waals surface area contributed by atoms with Gasteiger partial charge < -0.3 is 10.2 Å². The molecule has 0 saturated heterocycles. The topological polar surface area (TPSA) is 40.5 Å². The van der Waals surface area contributed by atoms with E-state index in [1.807, 2.05) is 0 Å². The lowest BCUT2D eigenvalue weighted by molar-refractivity contribution is -0.225. The van der Waals surface area contributed by atoms with Gasteiger partial charge in [-0.1, -0.05) is 46.3 Å². The molecule has 2 nitrogen and oxygen atoms in total. The average Bonchev–Trinajstić information content (AvgIpc) is 3.04. The fraction of sp³-hybridized carbons (Fsp3) is 0.933. The number of rotatable bonds is 4. The van der Waals surface area contributed by atoms with Gasteiger partial charge in [0.1, 0.15) is 0 Å². The molecule has 32 heavy (non-hydrogen) atoms. The summed E-state index contributed by atoms with van der Waals surface area (Å²) in [5, 5.41) is 22.5. The maximum absolute atomic E-state index is 11.6. The lowest BCUT2D eigenvalue weighted by Gasteiger charge is -2.70. The van der Waals surface area contributed by atoms with Gasteiger partial charge in [0.2, 0.25) is 0 Å². The summed E-state index contributed by atoms with van der Waals surface area (Å²) in [4.78, 5) is 0. The van der Waals surface area contributed by atoms with E-state index in [2.05, 4.69) is 61.5 Å². The highest BCUT2D eigenvalue weighted by Crippen LogP contribution is 2.75. The Bertz CT molecular complexity index is 746. The van der Waals surface area contributed by atoms with Crippen LogP contribution >= 0.6 is 0 Å². The molecule has 0 unspecified atom stereocenters. The second-order valence-electron chi connectivity index (χ2n) is 14.4. The van der Waals surface area contributed by atoms with Crippen molar-refractivity contribution in [2.75, 3.05) is 0 Å². The summed E-state index contributed by atoms with van der Waals surface area (Å²) in [5.41, 5.74) is 1.84. The summed E-state index contributed by atoms with van der Waals surface area (Å²) >= 11 is 0. The Balaban J connectivity index is 1.61. The van der Waals surface area contributed by atoms with Crippen molar-refractivity contribution in [1.29, 1.82) is 0 Å². The van der Waals surface area contributed by atoms with Gasteiger partial charge in [0.15, 0.2) is 0 Å². The minimum Gasteiger partial charge on any atom is -0.393 e. The maximum Gasteiger partial charge on any atom is 0.0653 e. The average molecular weight is 445 g/mol. The van der Waals surface area contributed by atoms with Crippen LogP contribution in [0.3, 0.4) is 0 Å².